The van der Waals surface area contributed by atoms with Crippen molar-refractivity contribution < 1.29 is 4.74 Å². The SMILES string of the molecule is CC1CCC(C(C)C)C(OCCCCC(C)(C)C(=N)N)C1. The number of hydrogen-bond donors (Lipinski definition) is 2. The minimum Gasteiger partial charge on any atom is -0.387 e. The number of amidine groups is 1. The van der Waals surface area contributed by atoms with Crippen LogP contribution in [0.2, 0.25) is 0 Å². The van der Waals surface area contributed by atoms with Crippen molar-refractivity contribution >= 4 is 5.84 Å². The zero-order valence-electron chi connectivity index (χ0n) is 14.7. The fraction of sp³-hybridized carbons (Fsp3) is 0.944. The number of nitrogens with one attached hydrogen (secondary N) is 1. The van der Waals surface area contributed by atoms with Gasteiger partial charge in [0.15, 0.2) is 0 Å². The van der Waals surface area contributed by atoms with Gasteiger partial charge in [-0.05, 0) is 43.4 Å². The van der Waals surface area contributed by atoms with Crippen LogP contribution in [-0.4, -0.2) is 18.5 Å². The summed E-state index contributed by atoms with van der Waals surface area (Å²) < 4.78 is 6.22. The van der Waals surface area contributed by atoms with Crippen LogP contribution in [-0.2, 0) is 4.74 Å². The molecule has 1 fully saturated rings. The largest absolute Gasteiger partial charge is 0.387 e. The third-order valence-corrected chi connectivity index (χ3v) is 5.22. The molecular weight excluding hydrogens is 260 g/mol. The van der Waals surface area contributed by atoms with E-state index in [1.807, 2.05) is 13.8 Å². The van der Waals surface area contributed by atoms with Crippen LogP contribution in [0.15, 0.2) is 0 Å². The Morgan fingerprint density at radius 1 is 1.29 bits per heavy atom. The summed E-state index contributed by atoms with van der Waals surface area (Å²) in [5.74, 6) is 2.56. The smallest absolute Gasteiger partial charge is 0.0963 e. The van der Waals surface area contributed by atoms with Crippen LogP contribution in [0.25, 0.3) is 0 Å². The third kappa shape index (κ3) is 5.98. The maximum Gasteiger partial charge on any atom is 0.0963 e. The van der Waals surface area contributed by atoms with Crippen LogP contribution in [0.3, 0.4) is 0 Å². The molecule has 21 heavy (non-hydrogen) atoms. The lowest BCUT2D eigenvalue weighted by molar-refractivity contribution is -0.0396. The van der Waals surface area contributed by atoms with Gasteiger partial charge in [0, 0.05) is 12.0 Å². The van der Waals surface area contributed by atoms with Gasteiger partial charge in [-0.2, -0.15) is 0 Å². The number of hydrogen-bond acceptors (Lipinski definition) is 2. The van der Waals surface area contributed by atoms with E-state index in [4.69, 9.17) is 15.9 Å². The molecule has 0 aromatic rings. The van der Waals surface area contributed by atoms with E-state index in [9.17, 15) is 0 Å². The van der Waals surface area contributed by atoms with E-state index in [1.165, 1.54) is 19.3 Å². The quantitative estimate of drug-likeness (QED) is 0.391. The average Bonchev–Trinajstić information content (AvgIpc) is 2.37. The highest BCUT2D eigenvalue weighted by Gasteiger charge is 2.31. The lowest BCUT2D eigenvalue weighted by atomic mass is 9.75. The standard InChI is InChI=1S/C18H36N2O/c1-13(2)15-9-8-14(3)12-16(15)21-11-7-6-10-18(4,5)17(19)20/h13-16H,6-12H2,1-5H3,(H3,19,20). The van der Waals surface area contributed by atoms with E-state index in [1.54, 1.807) is 0 Å². The maximum absolute atomic E-state index is 7.58. The summed E-state index contributed by atoms with van der Waals surface area (Å²) in [6.45, 7) is 12.0. The first-order chi connectivity index (χ1) is 9.74. The number of ether oxygens (including phenoxy) is 1. The van der Waals surface area contributed by atoms with Gasteiger partial charge in [0.1, 0.15) is 0 Å². The van der Waals surface area contributed by atoms with Crippen LogP contribution in [0.5, 0.6) is 0 Å². The van der Waals surface area contributed by atoms with Crippen molar-refractivity contribution in [3.63, 3.8) is 0 Å². The summed E-state index contributed by atoms with van der Waals surface area (Å²) in [4.78, 5) is 0. The van der Waals surface area contributed by atoms with Crippen molar-refractivity contribution in [2.45, 2.75) is 79.2 Å². The Balaban J connectivity index is 2.28. The number of rotatable bonds is 8. The highest BCUT2D eigenvalue weighted by Crippen LogP contribution is 2.35. The van der Waals surface area contributed by atoms with Gasteiger partial charge in [-0.15, -0.1) is 0 Å². The van der Waals surface area contributed by atoms with E-state index >= 15 is 0 Å². The molecule has 0 aromatic carbocycles. The van der Waals surface area contributed by atoms with Gasteiger partial charge in [0.25, 0.3) is 0 Å². The lowest BCUT2D eigenvalue weighted by Crippen LogP contribution is -2.34. The van der Waals surface area contributed by atoms with Crippen molar-refractivity contribution in [1.29, 1.82) is 5.41 Å². The molecule has 124 valence electrons. The van der Waals surface area contributed by atoms with E-state index in [0.717, 1.165) is 43.6 Å². The Hall–Kier alpha value is -0.570. The summed E-state index contributed by atoms with van der Waals surface area (Å²) in [7, 11) is 0. The average molecular weight is 296 g/mol. The first kappa shape index (κ1) is 18.5. The summed E-state index contributed by atoms with van der Waals surface area (Å²) in [5, 5.41) is 7.58. The van der Waals surface area contributed by atoms with Gasteiger partial charge in [0.05, 0.1) is 11.9 Å². The van der Waals surface area contributed by atoms with Crippen LogP contribution >= 0.6 is 0 Å². The first-order valence-corrected chi connectivity index (χ1v) is 8.70. The van der Waals surface area contributed by atoms with E-state index < -0.39 is 0 Å². The van der Waals surface area contributed by atoms with Gasteiger partial charge >= 0.3 is 0 Å². The molecule has 3 unspecified atom stereocenters. The second-order valence-corrected chi connectivity index (χ2v) is 7.99. The predicted molar refractivity (Wildman–Crippen MR) is 90.6 cm³/mol. The van der Waals surface area contributed by atoms with Crippen LogP contribution in [0.1, 0.15) is 73.1 Å². The predicted octanol–water partition coefficient (Wildman–Crippen LogP) is 4.60. The molecule has 1 aliphatic carbocycles. The Morgan fingerprint density at radius 3 is 2.52 bits per heavy atom. The van der Waals surface area contributed by atoms with Gasteiger partial charge < -0.3 is 10.5 Å². The van der Waals surface area contributed by atoms with Crippen molar-refractivity contribution in [3.8, 4) is 0 Å². The van der Waals surface area contributed by atoms with Crippen molar-refractivity contribution in [2.75, 3.05) is 6.61 Å². The minimum atomic E-state index is -0.167. The topological polar surface area (TPSA) is 59.1 Å². The van der Waals surface area contributed by atoms with Gasteiger partial charge in [-0.1, -0.05) is 47.5 Å². The molecule has 0 spiro atoms. The molecule has 0 amide bonds. The van der Waals surface area contributed by atoms with Crippen molar-refractivity contribution in [1.82, 2.24) is 0 Å². The van der Waals surface area contributed by atoms with Crippen molar-refractivity contribution in [3.05, 3.63) is 0 Å². The molecule has 0 aliphatic heterocycles. The molecule has 3 nitrogen and oxygen atoms in total. The Kier molecular flexibility index (Phi) is 7.19. The monoisotopic (exact) mass is 296 g/mol. The second kappa shape index (κ2) is 8.17. The molecule has 3 heteroatoms. The van der Waals surface area contributed by atoms with Gasteiger partial charge in [0.2, 0.25) is 0 Å². The summed E-state index contributed by atoms with van der Waals surface area (Å²) in [6, 6.07) is 0. The molecule has 1 rings (SSSR count). The lowest BCUT2D eigenvalue weighted by Gasteiger charge is -2.37. The molecule has 0 aromatic heterocycles. The van der Waals surface area contributed by atoms with Crippen LogP contribution < -0.4 is 5.73 Å². The van der Waals surface area contributed by atoms with Gasteiger partial charge in [-0.25, -0.2) is 0 Å². The fourth-order valence-corrected chi connectivity index (χ4v) is 3.34. The molecule has 0 radical (unpaired) electrons. The van der Waals surface area contributed by atoms with E-state index in [0.29, 0.717) is 11.9 Å². The zero-order chi connectivity index (χ0) is 16.0. The van der Waals surface area contributed by atoms with E-state index in [2.05, 4.69) is 20.8 Å². The Labute approximate surface area is 131 Å². The summed E-state index contributed by atoms with van der Waals surface area (Å²) >= 11 is 0. The molecule has 1 aliphatic rings. The molecule has 0 heterocycles. The molecule has 0 bridgehead atoms. The number of nitrogens with two attached hydrogens (primary N) is 1. The van der Waals surface area contributed by atoms with Crippen LogP contribution in [0.4, 0.5) is 0 Å². The Morgan fingerprint density at radius 2 is 1.95 bits per heavy atom. The summed E-state index contributed by atoms with van der Waals surface area (Å²) in [5.41, 5.74) is 5.45. The first-order valence-electron chi connectivity index (χ1n) is 8.70. The minimum absolute atomic E-state index is 0.167. The zero-order valence-corrected chi connectivity index (χ0v) is 14.7. The molecular formula is C18H36N2O. The molecule has 3 atom stereocenters. The molecule has 3 N–H and O–H groups in total. The highest BCUT2D eigenvalue weighted by atomic mass is 16.5. The fourth-order valence-electron chi connectivity index (χ4n) is 3.34. The molecule has 0 saturated heterocycles. The Bertz CT molecular complexity index is 325. The summed E-state index contributed by atoms with van der Waals surface area (Å²) in [6.07, 6.45) is 7.49. The third-order valence-electron chi connectivity index (χ3n) is 5.22. The highest BCUT2D eigenvalue weighted by molar-refractivity contribution is 5.82. The van der Waals surface area contributed by atoms with Crippen LogP contribution in [0, 0.1) is 28.6 Å². The number of unbranched alkanes of at least 4 members (excludes halogenated alkanes) is 1. The van der Waals surface area contributed by atoms with Gasteiger partial charge in [-0.3, -0.25) is 5.41 Å². The normalized spacial score (nSPS) is 27.0. The second-order valence-electron chi connectivity index (χ2n) is 7.99. The van der Waals surface area contributed by atoms with Crippen molar-refractivity contribution in [2.24, 2.45) is 28.9 Å². The maximum atomic E-state index is 7.58. The van der Waals surface area contributed by atoms with E-state index in [-0.39, 0.29) is 5.41 Å². The molecule has 1 saturated carbocycles.